The van der Waals surface area contributed by atoms with Gasteiger partial charge in [-0.05, 0) is 49.6 Å². The Kier molecular flexibility index (Phi) is 3.86. The van der Waals surface area contributed by atoms with E-state index < -0.39 is 11.9 Å². The van der Waals surface area contributed by atoms with Crippen LogP contribution in [0.2, 0.25) is 0 Å². The van der Waals surface area contributed by atoms with E-state index in [2.05, 4.69) is 10.1 Å². The Balaban J connectivity index is 2.14. The van der Waals surface area contributed by atoms with E-state index in [-0.39, 0.29) is 6.04 Å². The maximum absolute atomic E-state index is 11.8. The Morgan fingerprint density at radius 2 is 2.00 bits per heavy atom. The third-order valence-corrected chi connectivity index (χ3v) is 4.20. The molecule has 2 atom stereocenters. The van der Waals surface area contributed by atoms with Crippen molar-refractivity contribution in [2.75, 3.05) is 5.01 Å². The minimum atomic E-state index is -0.868. The molecule has 2 aromatic rings. The number of carboxylic acids is 1. The summed E-state index contributed by atoms with van der Waals surface area (Å²) in [7, 11) is 0. The number of hydrogen-bond acceptors (Lipinski definition) is 4. The number of aliphatic carboxylic acids is 1. The number of aromatic nitrogens is 1. The number of rotatable bonds is 3. The molecule has 1 aromatic carbocycles. The maximum Gasteiger partial charge on any atom is 0.314 e. The van der Waals surface area contributed by atoms with Crippen LogP contribution in [0.5, 0.6) is 0 Å². The summed E-state index contributed by atoms with van der Waals surface area (Å²) in [5.41, 5.74) is 4.56. The Bertz CT molecular complexity index is 771. The van der Waals surface area contributed by atoms with Crippen molar-refractivity contribution in [2.45, 2.75) is 26.8 Å². The second-order valence-corrected chi connectivity index (χ2v) is 5.92. The smallest absolute Gasteiger partial charge is 0.314 e. The van der Waals surface area contributed by atoms with Crippen LogP contribution in [-0.4, -0.2) is 21.8 Å². The molecule has 3 rings (SSSR count). The van der Waals surface area contributed by atoms with Gasteiger partial charge in [-0.3, -0.25) is 14.8 Å². The SMILES string of the molecule is CC1=NN(c2cc(C)ccc2C)C(c2cccnc2)C1C(=O)O. The highest BCUT2D eigenvalue weighted by Crippen LogP contribution is 2.40. The van der Waals surface area contributed by atoms with Crippen molar-refractivity contribution in [1.29, 1.82) is 0 Å². The Morgan fingerprint density at radius 3 is 2.65 bits per heavy atom. The van der Waals surface area contributed by atoms with Gasteiger partial charge in [0.15, 0.2) is 0 Å². The van der Waals surface area contributed by atoms with Crippen molar-refractivity contribution in [1.82, 2.24) is 4.98 Å². The maximum atomic E-state index is 11.8. The Morgan fingerprint density at radius 1 is 1.22 bits per heavy atom. The monoisotopic (exact) mass is 309 g/mol. The first-order valence-corrected chi connectivity index (χ1v) is 7.53. The van der Waals surface area contributed by atoms with Gasteiger partial charge in [-0.2, -0.15) is 5.10 Å². The van der Waals surface area contributed by atoms with Crippen LogP contribution in [0.25, 0.3) is 0 Å². The fourth-order valence-corrected chi connectivity index (χ4v) is 3.03. The minimum Gasteiger partial charge on any atom is -0.481 e. The van der Waals surface area contributed by atoms with Gasteiger partial charge in [0.2, 0.25) is 0 Å². The first kappa shape index (κ1) is 15.2. The summed E-state index contributed by atoms with van der Waals surface area (Å²) < 4.78 is 0. The molecule has 0 spiro atoms. The molecule has 5 heteroatoms. The summed E-state index contributed by atoms with van der Waals surface area (Å²) in [5.74, 6) is -1.55. The number of benzene rings is 1. The average Bonchev–Trinajstić information content (AvgIpc) is 2.88. The zero-order valence-corrected chi connectivity index (χ0v) is 13.4. The van der Waals surface area contributed by atoms with E-state index in [1.54, 1.807) is 19.3 Å². The summed E-state index contributed by atoms with van der Waals surface area (Å²) in [4.78, 5) is 15.9. The van der Waals surface area contributed by atoms with Crippen LogP contribution in [0.4, 0.5) is 5.69 Å². The molecule has 0 amide bonds. The van der Waals surface area contributed by atoms with Crippen LogP contribution < -0.4 is 5.01 Å². The van der Waals surface area contributed by atoms with Gasteiger partial charge in [-0.25, -0.2) is 0 Å². The summed E-state index contributed by atoms with van der Waals surface area (Å²) in [5, 5.41) is 16.1. The van der Waals surface area contributed by atoms with E-state index in [0.717, 1.165) is 22.4 Å². The molecule has 5 nitrogen and oxygen atoms in total. The molecule has 1 N–H and O–H groups in total. The third kappa shape index (κ3) is 2.70. The van der Waals surface area contributed by atoms with Gasteiger partial charge in [-0.15, -0.1) is 0 Å². The molecular formula is C18H19N3O2. The second-order valence-electron chi connectivity index (χ2n) is 5.92. The quantitative estimate of drug-likeness (QED) is 0.944. The predicted molar refractivity (Wildman–Crippen MR) is 89.6 cm³/mol. The fourth-order valence-electron chi connectivity index (χ4n) is 3.03. The van der Waals surface area contributed by atoms with E-state index in [1.165, 1.54) is 0 Å². The number of carboxylic acid groups (broad SMARTS) is 1. The van der Waals surface area contributed by atoms with Crippen LogP contribution >= 0.6 is 0 Å². The van der Waals surface area contributed by atoms with Gasteiger partial charge in [0.05, 0.1) is 17.4 Å². The van der Waals surface area contributed by atoms with Crippen molar-refractivity contribution in [3.05, 3.63) is 59.4 Å². The summed E-state index contributed by atoms with van der Waals surface area (Å²) in [6, 6.07) is 9.45. The van der Waals surface area contributed by atoms with Gasteiger partial charge in [0, 0.05) is 12.4 Å². The highest BCUT2D eigenvalue weighted by molar-refractivity contribution is 6.03. The minimum absolute atomic E-state index is 0.387. The second kappa shape index (κ2) is 5.83. The molecular weight excluding hydrogens is 290 g/mol. The van der Waals surface area contributed by atoms with Gasteiger partial charge in [0.25, 0.3) is 0 Å². The van der Waals surface area contributed by atoms with E-state index >= 15 is 0 Å². The number of anilines is 1. The standard InChI is InChI=1S/C18H19N3O2/c1-11-6-7-12(2)15(9-11)21-17(14-5-4-8-19-10-14)16(18(22)23)13(3)20-21/h4-10,16-17H,1-3H3,(H,22,23). The van der Waals surface area contributed by atoms with Crippen molar-refractivity contribution < 1.29 is 9.90 Å². The number of nitrogens with zero attached hydrogens (tertiary/aromatic N) is 3. The Hall–Kier alpha value is -2.69. The summed E-state index contributed by atoms with van der Waals surface area (Å²) in [6.07, 6.45) is 3.40. The zero-order chi connectivity index (χ0) is 16.6. The predicted octanol–water partition coefficient (Wildman–Crippen LogP) is 3.34. The van der Waals surface area contributed by atoms with Crippen LogP contribution in [0.3, 0.4) is 0 Å². The van der Waals surface area contributed by atoms with Gasteiger partial charge >= 0.3 is 5.97 Å². The molecule has 0 bridgehead atoms. The van der Waals surface area contributed by atoms with Crippen LogP contribution in [0.15, 0.2) is 47.8 Å². The lowest BCUT2D eigenvalue weighted by Gasteiger charge is -2.28. The highest BCUT2D eigenvalue weighted by Gasteiger charge is 2.42. The zero-order valence-electron chi connectivity index (χ0n) is 13.4. The molecule has 0 aliphatic carbocycles. The number of hydrogen-bond donors (Lipinski definition) is 1. The normalized spacial score (nSPS) is 20.5. The lowest BCUT2D eigenvalue weighted by molar-refractivity contribution is -0.139. The molecule has 2 heterocycles. The summed E-state index contributed by atoms with van der Waals surface area (Å²) >= 11 is 0. The van der Waals surface area contributed by atoms with Crippen molar-refractivity contribution in [2.24, 2.45) is 11.0 Å². The molecule has 2 unspecified atom stereocenters. The topological polar surface area (TPSA) is 65.8 Å². The largest absolute Gasteiger partial charge is 0.481 e. The molecule has 0 saturated carbocycles. The van der Waals surface area contributed by atoms with E-state index in [4.69, 9.17) is 0 Å². The van der Waals surface area contributed by atoms with Crippen molar-refractivity contribution in [3.8, 4) is 0 Å². The highest BCUT2D eigenvalue weighted by atomic mass is 16.4. The van der Waals surface area contributed by atoms with Gasteiger partial charge < -0.3 is 5.11 Å². The number of carbonyl (C=O) groups is 1. The van der Waals surface area contributed by atoms with Crippen molar-refractivity contribution >= 4 is 17.4 Å². The van der Waals surface area contributed by atoms with E-state index in [1.807, 2.05) is 49.2 Å². The molecule has 23 heavy (non-hydrogen) atoms. The van der Waals surface area contributed by atoms with Crippen molar-refractivity contribution in [3.63, 3.8) is 0 Å². The average molecular weight is 309 g/mol. The first-order chi connectivity index (χ1) is 11.0. The fraction of sp³-hybridized carbons (Fsp3) is 0.278. The molecule has 0 fully saturated rings. The number of aryl methyl sites for hydroxylation is 2. The van der Waals surface area contributed by atoms with Crippen LogP contribution in [-0.2, 0) is 4.79 Å². The molecule has 0 radical (unpaired) electrons. The molecule has 0 saturated heterocycles. The first-order valence-electron chi connectivity index (χ1n) is 7.53. The lowest BCUT2D eigenvalue weighted by atomic mass is 9.91. The lowest BCUT2D eigenvalue weighted by Crippen LogP contribution is -2.31. The van der Waals surface area contributed by atoms with E-state index in [9.17, 15) is 9.90 Å². The van der Waals surface area contributed by atoms with Gasteiger partial charge in [-0.1, -0.05) is 18.2 Å². The Labute approximate surface area is 135 Å². The number of hydrazone groups is 1. The molecule has 118 valence electrons. The van der Waals surface area contributed by atoms with Gasteiger partial charge in [0.1, 0.15) is 5.92 Å². The molecule has 1 aromatic heterocycles. The van der Waals surface area contributed by atoms with Crippen LogP contribution in [0.1, 0.15) is 29.7 Å². The molecule has 1 aliphatic heterocycles. The molecule has 1 aliphatic rings. The third-order valence-electron chi connectivity index (χ3n) is 4.20. The van der Waals surface area contributed by atoms with E-state index in [0.29, 0.717) is 5.71 Å². The van der Waals surface area contributed by atoms with Crippen LogP contribution in [0, 0.1) is 19.8 Å². The summed E-state index contributed by atoms with van der Waals surface area (Å²) in [6.45, 7) is 5.80. The number of pyridine rings is 1.